The van der Waals surface area contributed by atoms with Gasteiger partial charge in [0.25, 0.3) is 0 Å². The second-order valence-electron chi connectivity index (χ2n) is 7.73. The number of nitrogens with zero attached hydrogens (tertiary/aromatic N) is 1. The van der Waals surface area contributed by atoms with Gasteiger partial charge >= 0.3 is 0 Å². The van der Waals surface area contributed by atoms with Crippen molar-refractivity contribution < 1.29 is 0 Å². The van der Waals surface area contributed by atoms with Crippen molar-refractivity contribution in [3.63, 3.8) is 0 Å². The Balaban J connectivity index is 1.52. The first-order valence-electron chi connectivity index (χ1n) is 8.55. The summed E-state index contributed by atoms with van der Waals surface area (Å²) in [6, 6.07) is 5.07. The molecule has 106 valence electrons. The minimum atomic E-state index is 0.599. The smallest absolute Gasteiger partial charge is 0.0464 e. The molecule has 0 spiro atoms. The molecule has 6 rings (SSSR count). The zero-order chi connectivity index (χ0) is 13.1. The van der Waals surface area contributed by atoms with Crippen LogP contribution in [-0.4, -0.2) is 11.5 Å². The molecule has 1 unspecified atom stereocenters. The van der Waals surface area contributed by atoms with E-state index < -0.39 is 0 Å². The molecule has 1 N–H and O–H groups in total. The Kier molecular flexibility index (Phi) is 2.52. The molecule has 1 atom stereocenters. The fraction of sp³-hybridized carbons (Fsp3) is 0.722. The lowest BCUT2D eigenvalue weighted by molar-refractivity contribution is -0.0534. The van der Waals surface area contributed by atoms with Gasteiger partial charge in [-0.25, -0.2) is 0 Å². The highest BCUT2D eigenvalue weighted by Crippen LogP contribution is 2.59. The predicted octanol–water partition coefficient (Wildman–Crippen LogP) is 3.34. The third-order valence-electron chi connectivity index (χ3n) is 6.67. The number of pyridine rings is 1. The molecular formula is C18H24N2. The van der Waals surface area contributed by atoms with Gasteiger partial charge in [0, 0.05) is 30.9 Å². The Morgan fingerprint density at radius 3 is 2.50 bits per heavy atom. The number of rotatable bonds is 1. The average molecular weight is 268 g/mol. The summed E-state index contributed by atoms with van der Waals surface area (Å²) in [5.41, 5.74) is 2.89. The zero-order valence-electron chi connectivity index (χ0n) is 12.1. The summed E-state index contributed by atoms with van der Waals surface area (Å²) in [7, 11) is 0. The largest absolute Gasteiger partial charge is 0.309 e. The second kappa shape index (κ2) is 4.30. The van der Waals surface area contributed by atoms with Crippen LogP contribution in [0.15, 0.2) is 18.3 Å². The molecule has 5 aliphatic rings. The summed E-state index contributed by atoms with van der Waals surface area (Å²) in [5.74, 6) is 5.03. The fourth-order valence-electron chi connectivity index (χ4n) is 6.25. The molecule has 4 fully saturated rings. The van der Waals surface area contributed by atoms with E-state index in [-0.39, 0.29) is 0 Å². The van der Waals surface area contributed by atoms with E-state index >= 15 is 0 Å². The highest BCUT2D eigenvalue weighted by atomic mass is 15.0. The van der Waals surface area contributed by atoms with E-state index in [2.05, 4.69) is 22.4 Å². The van der Waals surface area contributed by atoms with Gasteiger partial charge in [-0.3, -0.25) is 4.98 Å². The van der Waals surface area contributed by atoms with Crippen LogP contribution in [0.4, 0.5) is 0 Å². The molecule has 4 aliphatic carbocycles. The lowest BCUT2D eigenvalue weighted by Gasteiger charge is -2.57. The summed E-state index contributed by atoms with van der Waals surface area (Å²) in [4.78, 5) is 4.64. The Morgan fingerprint density at radius 1 is 1.00 bits per heavy atom. The zero-order valence-corrected chi connectivity index (χ0v) is 12.1. The molecule has 0 radical (unpaired) electrons. The minimum absolute atomic E-state index is 0.599. The molecular weight excluding hydrogens is 244 g/mol. The highest BCUT2D eigenvalue weighted by Gasteiger charge is 2.51. The first-order valence-corrected chi connectivity index (χ1v) is 8.55. The number of hydrogen-bond acceptors (Lipinski definition) is 2. The highest BCUT2D eigenvalue weighted by molar-refractivity contribution is 5.28. The van der Waals surface area contributed by atoms with Gasteiger partial charge in [0.05, 0.1) is 0 Å². The van der Waals surface area contributed by atoms with Crippen molar-refractivity contribution >= 4 is 0 Å². The second-order valence-corrected chi connectivity index (χ2v) is 7.73. The third-order valence-corrected chi connectivity index (χ3v) is 6.67. The van der Waals surface area contributed by atoms with Gasteiger partial charge < -0.3 is 5.32 Å². The Hall–Kier alpha value is -0.890. The predicted molar refractivity (Wildman–Crippen MR) is 79.2 cm³/mol. The van der Waals surface area contributed by atoms with Gasteiger partial charge in [0.2, 0.25) is 0 Å². The lowest BCUT2D eigenvalue weighted by Crippen LogP contribution is -2.50. The summed E-state index contributed by atoms with van der Waals surface area (Å²) >= 11 is 0. The van der Waals surface area contributed by atoms with Crippen LogP contribution in [-0.2, 0) is 6.42 Å². The van der Waals surface area contributed by atoms with E-state index in [0.717, 1.165) is 42.6 Å². The molecule has 1 aromatic rings. The SMILES string of the molecule is c1cnc2c(c1)C(C1C3CC4CC(C3)CC1C4)NCC2. The maximum atomic E-state index is 4.64. The molecule has 2 heterocycles. The van der Waals surface area contributed by atoms with Crippen LogP contribution in [0.25, 0.3) is 0 Å². The van der Waals surface area contributed by atoms with E-state index in [4.69, 9.17) is 0 Å². The lowest BCUT2D eigenvalue weighted by atomic mass is 9.50. The molecule has 0 saturated heterocycles. The molecule has 1 aliphatic heterocycles. The summed E-state index contributed by atoms with van der Waals surface area (Å²) in [6.45, 7) is 1.12. The third kappa shape index (κ3) is 1.64. The van der Waals surface area contributed by atoms with Crippen molar-refractivity contribution in [3.8, 4) is 0 Å². The van der Waals surface area contributed by atoms with Gasteiger partial charge in [0.1, 0.15) is 0 Å². The maximum Gasteiger partial charge on any atom is 0.0464 e. The molecule has 2 heteroatoms. The quantitative estimate of drug-likeness (QED) is 0.845. The number of aromatic nitrogens is 1. The minimum Gasteiger partial charge on any atom is -0.309 e. The van der Waals surface area contributed by atoms with Crippen LogP contribution in [0.3, 0.4) is 0 Å². The van der Waals surface area contributed by atoms with Gasteiger partial charge in [-0.1, -0.05) is 6.07 Å². The summed E-state index contributed by atoms with van der Waals surface area (Å²) in [5, 5.41) is 3.86. The number of fused-ring (bicyclic) bond motifs is 1. The van der Waals surface area contributed by atoms with Crippen molar-refractivity contribution in [2.45, 2.75) is 44.6 Å². The van der Waals surface area contributed by atoms with Crippen LogP contribution in [0, 0.1) is 29.6 Å². The van der Waals surface area contributed by atoms with Crippen LogP contribution < -0.4 is 5.32 Å². The molecule has 4 bridgehead atoms. The standard InChI is InChI=1S/C18H24N2/c1-2-15-16(19-4-1)3-5-20-18(15)17-13-7-11-6-12(9-13)10-14(17)8-11/h1-2,4,11-14,17-18,20H,3,5-10H2. The van der Waals surface area contributed by atoms with Crippen molar-refractivity contribution in [2.75, 3.05) is 6.54 Å². The molecule has 4 saturated carbocycles. The topological polar surface area (TPSA) is 24.9 Å². The van der Waals surface area contributed by atoms with E-state index in [9.17, 15) is 0 Å². The van der Waals surface area contributed by atoms with Gasteiger partial charge in [-0.05, 0) is 73.3 Å². The van der Waals surface area contributed by atoms with E-state index in [1.54, 1.807) is 6.42 Å². The van der Waals surface area contributed by atoms with Crippen LogP contribution in [0.2, 0.25) is 0 Å². The van der Waals surface area contributed by atoms with Gasteiger partial charge in [0.15, 0.2) is 0 Å². The molecule has 1 aromatic heterocycles. The van der Waals surface area contributed by atoms with Crippen LogP contribution in [0.1, 0.15) is 49.4 Å². The number of hydrogen-bond donors (Lipinski definition) is 1. The fourth-order valence-corrected chi connectivity index (χ4v) is 6.25. The average Bonchev–Trinajstić information content (AvgIpc) is 2.46. The summed E-state index contributed by atoms with van der Waals surface area (Å²) < 4.78 is 0. The molecule has 0 amide bonds. The van der Waals surface area contributed by atoms with Crippen molar-refractivity contribution in [2.24, 2.45) is 29.6 Å². The molecule has 20 heavy (non-hydrogen) atoms. The normalized spacial score (nSPS) is 45.4. The molecule has 2 nitrogen and oxygen atoms in total. The van der Waals surface area contributed by atoms with Gasteiger partial charge in [-0.15, -0.1) is 0 Å². The van der Waals surface area contributed by atoms with Crippen LogP contribution in [0.5, 0.6) is 0 Å². The summed E-state index contributed by atoms with van der Waals surface area (Å²) in [6.07, 6.45) is 10.7. The van der Waals surface area contributed by atoms with E-state index in [0.29, 0.717) is 6.04 Å². The van der Waals surface area contributed by atoms with E-state index in [1.165, 1.54) is 36.9 Å². The maximum absolute atomic E-state index is 4.64. The monoisotopic (exact) mass is 268 g/mol. The van der Waals surface area contributed by atoms with Crippen molar-refractivity contribution in [1.82, 2.24) is 10.3 Å². The van der Waals surface area contributed by atoms with E-state index in [1.807, 2.05) is 6.20 Å². The van der Waals surface area contributed by atoms with Gasteiger partial charge in [-0.2, -0.15) is 0 Å². The van der Waals surface area contributed by atoms with Crippen LogP contribution >= 0.6 is 0 Å². The Morgan fingerprint density at radius 2 is 1.75 bits per heavy atom. The van der Waals surface area contributed by atoms with Crippen molar-refractivity contribution in [1.29, 1.82) is 0 Å². The Bertz CT molecular complexity index is 496. The molecule has 0 aromatic carbocycles. The first kappa shape index (κ1) is 11.7. The number of nitrogens with one attached hydrogen (secondary N) is 1. The Labute approximate surface area is 121 Å². The van der Waals surface area contributed by atoms with Crippen molar-refractivity contribution in [3.05, 3.63) is 29.6 Å². The first-order chi connectivity index (χ1) is 9.88.